The van der Waals surface area contributed by atoms with Crippen LogP contribution >= 0.6 is 0 Å². The maximum atomic E-state index is 10.1. The molecule has 1 rings (SSSR count). The summed E-state index contributed by atoms with van der Waals surface area (Å²) in [4.78, 5) is 0. The van der Waals surface area contributed by atoms with Gasteiger partial charge in [0.2, 0.25) is 0 Å². The Morgan fingerprint density at radius 3 is 2.32 bits per heavy atom. The van der Waals surface area contributed by atoms with Gasteiger partial charge in [-0.05, 0) is 54.9 Å². The quantitative estimate of drug-likeness (QED) is 0.723. The first kappa shape index (κ1) is 19.0. The van der Waals surface area contributed by atoms with Crippen molar-refractivity contribution in [1.29, 1.82) is 0 Å². The predicted octanol–water partition coefficient (Wildman–Crippen LogP) is 4.05. The van der Waals surface area contributed by atoms with Crippen LogP contribution in [0.2, 0.25) is 0 Å². The molecule has 1 aromatic carbocycles. The fourth-order valence-electron chi connectivity index (χ4n) is 2.69. The molecule has 0 aliphatic rings. The first-order chi connectivity index (χ1) is 10.3. The Balaban J connectivity index is 2.67. The van der Waals surface area contributed by atoms with Gasteiger partial charge in [-0.3, -0.25) is 0 Å². The second-order valence-electron chi connectivity index (χ2n) is 6.78. The highest BCUT2D eigenvalue weighted by molar-refractivity contribution is 5.36. The zero-order chi connectivity index (χ0) is 16.7. The summed E-state index contributed by atoms with van der Waals surface area (Å²) >= 11 is 0. The van der Waals surface area contributed by atoms with Crippen molar-refractivity contribution in [3.05, 3.63) is 29.3 Å². The largest absolute Gasteiger partial charge is 0.493 e. The maximum Gasteiger partial charge on any atom is 0.119 e. The van der Waals surface area contributed by atoms with Crippen molar-refractivity contribution >= 4 is 0 Å². The van der Waals surface area contributed by atoms with E-state index in [1.54, 1.807) is 0 Å². The monoisotopic (exact) mass is 308 g/mol. The smallest absolute Gasteiger partial charge is 0.119 e. The number of hydrogen-bond acceptors (Lipinski definition) is 3. The van der Waals surface area contributed by atoms with E-state index in [2.05, 4.69) is 39.8 Å². The van der Waals surface area contributed by atoms with Crippen LogP contribution in [-0.4, -0.2) is 29.0 Å². The van der Waals surface area contributed by atoms with Crippen LogP contribution in [0.3, 0.4) is 0 Å². The minimum absolute atomic E-state index is 0.209. The standard InChI is InChI=1S/C19H32O3/c1-6-7-18(20)19(21)11-15(5)17-9-8-16(10-14(17)4)22-12-13(2)3/h8-10,13,15,18-21H,6-7,11-12H2,1-5H3. The van der Waals surface area contributed by atoms with Crippen LogP contribution in [0.1, 0.15) is 64.0 Å². The van der Waals surface area contributed by atoms with Gasteiger partial charge in [-0.15, -0.1) is 0 Å². The van der Waals surface area contributed by atoms with Gasteiger partial charge in [0, 0.05) is 0 Å². The number of benzene rings is 1. The average molecular weight is 308 g/mol. The topological polar surface area (TPSA) is 49.7 Å². The maximum absolute atomic E-state index is 10.1. The fraction of sp³-hybridized carbons (Fsp3) is 0.684. The van der Waals surface area contributed by atoms with Crippen molar-refractivity contribution in [1.82, 2.24) is 0 Å². The average Bonchev–Trinajstić information content (AvgIpc) is 2.45. The second-order valence-corrected chi connectivity index (χ2v) is 6.78. The molecular weight excluding hydrogens is 276 g/mol. The van der Waals surface area contributed by atoms with Gasteiger partial charge in [-0.25, -0.2) is 0 Å². The minimum Gasteiger partial charge on any atom is -0.493 e. The van der Waals surface area contributed by atoms with Gasteiger partial charge in [0.15, 0.2) is 0 Å². The lowest BCUT2D eigenvalue weighted by molar-refractivity contribution is 0.00635. The zero-order valence-electron chi connectivity index (χ0n) is 14.7. The molecule has 0 bridgehead atoms. The van der Waals surface area contributed by atoms with Gasteiger partial charge in [-0.2, -0.15) is 0 Å². The zero-order valence-corrected chi connectivity index (χ0v) is 14.7. The van der Waals surface area contributed by atoms with Gasteiger partial charge in [0.25, 0.3) is 0 Å². The molecule has 3 atom stereocenters. The van der Waals surface area contributed by atoms with E-state index >= 15 is 0 Å². The fourth-order valence-corrected chi connectivity index (χ4v) is 2.69. The normalized spacial score (nSPS) is 15.6. The molecule has 0 aromatic heterocycles. The summed E-state index contributed by atoms with van der Waals surface area (Å²) in [6, 6.07) is 6.13. The summed E-state index contributed by atoms with van der Waals surface area (Å²) in [5, 5.41) is 20.0. The van der Waals surface area contributed by atoms with E-state index in [0.717, 1.165) is 18.8 Å². The molecule has 1 aromatic rings. The van der Waals surface area contributed by atoms with E-state index in [1.807, 2.05) is 13.0 Å². The second kappa shape index (κ2) is 9.16. The van der Waals surface area contributed by atoms with Crippen molar-refractivity contribution in [2.75, 3.05) is 6.61 Å². The van der Waals surface area contributed by atoms with Gasteiger partial charge >= 0.3 is 0 Å². The molecule has 2 N–H and O–H groups in total. The Morgan fingerprint density at radius 1 is 1.09 bits per heavy atom. The van der Waals surface area contributed by atoms with E-state index in [-0.39, 0.29) is 5.92 Å². The SMILES string of the molecule is CCCC(O)C(O)CC(C)c1ccc(OCC(C)C)cc1C. The van der Waals surface area contributed by atoms with Crippen LogP contribution in [0.15, 0.2) is 18.2 Å². The summed E-state index contributed by atoms with van der Waals surface area (Å²) in [6.07, 6.45) is 0.823. The van der Waals surface area contributed by atoms with Crippen LogP contribution < -0.4 is 4.74 Å². The first-order valence-electron chi connectivity index (χ1n) is 8.44. The van der Waals surface area contributed by atoms with E-state index in [9.17, 15) is 10.2 Å². The van der Waals surface area contributed by atoms with Crippen molar-refractivity contribution < 1.29 is 14.9 Å². The summed E-state index contributed by atoms with van der Waals surface area (Å²) < 4.78 is 5.74. The van der Waals surface area contributed by atoms with Gasteiger partial charge in [-0.1, -0.05) is 40.2 Å². The molecule has 0 fully saturated rings. The molecule has 0 heterocycles. The number of aryl methyl sites for hydroxylation is 1. The van der Waals surface area contributed by atoms with E-state index in [1.165, 1.54) is 11.1 Å². The third-order valence-electron chi connectivity index (χ3n) is 3.98. The molecule has 3 heteroatoms. The lowest BCUT2D eigenvalue weighted by Gasteiger charge is -2.22. The Hall–Kier alpha value is -1.06. The van der Waals surface area contributed by atoms with E-state index in [4.69, 9.17) is 4.74 Å². The van der Waals surface area contributed by atoms with Crippen LogP contribution in [0.5, 0.6) is 5.75 Å². The van der Waals surface area contributed by atoms with Gasteiger partial charge < -0.3 is 14.9 Å². The molecule has 0 aliphatic carbocycles. The molecule has 3 nitrogen and oxygen atoms in total. The first-order valence-corrected chi connectivity index (χ1v) is 8.44. The predicted molar refractivity (Wildman–Crippen MR) is 91.5 cm³/mol. The number of hydrogen-bond donors (Lipinski definition) is 2. The summed E-state index contributed by atoms with van der Waals surface area (Å²) in [6.45, 7) is 11.2. The molecule has 22 heavy (non-hydrogen) atoms. The number of aliphatic hydroxyl groups is 2. The molecule has 126 valence electrons. The Bertz CT molecular complexity index is 442. The van der Waals surface area contributed by atoms with Crippen LogP contribution in [0, 0.1) is 12.8 Å². The number of rotatable bonds is 9. The van der Waals surface area contributed by atoms with E-state index < -0.39 is 12.2 Å². The van der Waals surface area contributed by atoms with Gasteiger partial charge in [0.05, 0.1) is 18.8 Å². The third-order valence-corrected chi connectivity index (χ3v) is 3.98. The Kier molecular flexibility index (Phi) is 7.91. The highest BCUT2D eigenvalue weighted by Gasteiger charge is 2.20. The Labute approximate surface area is 135 Å². The van der Waals surface area contributed by atoms with Crippen molar-refractivity contribution in [3.8, 4) is 5.75 Å². The molecule has 0 saturated carbocycles. The molecule has 0 amide bonds. The molecule has 0 spiro atoms. The van der Waals surface area contributed by atoms with Crippen LogP contribution in [0.25, 0.3) is 0 Å². The minimum atomic E-state index is -0.661. The Morgan fingerprint density at radius 2 is 1.77 bits per heavy atom. The summed E-state index contributed by atoms with van der Waals surface area (Å²) in [5.74, 6) is 1.61. The lowest BCUT2D eigenvalue weighted by Crippen LogP contribution is -2.27. The lowest BCUT2D eigenvalue weighted by atomic mass is 9.89. The highest BCUT2D eigenvalue weighted by atomic mass is 16.5. The molecule has 0 radical (unpaired) electrons. The molecule has 3 unspecified atom stereocenters. The molecule has 0 saturated heterocycles. The van der Waals surface area contributed by atoms with E-state index in [0.29, 0.717) is 18.8 Å². The van der Waals surface area contributed by atoms with Gasteiger partial charge in [0.1, 0.15) is 5.75 Å². The van der Waals surface area contributed by atoms with Crippen LogP contribution in [-0.2, 0) is 0 Å². The molecular formula is C19H32O3. The van der Waals surface area contributed by atoms with Crippen molar-refractivity contribution in [2.24, 2.45) is 5.92 Å². The molecule has 0 aliphatic heterocycles. The third kappa shape index (κ3) is 5.98. The van der Waals surface area contributed by atoms with Crippen molar-refractivity contribution in [2.45, 2.75) is 72.0 Å². The number of ether oxygens (including phenoxy) is 1. The number of aliphatic hydroxyl groups excluding tert-OH is 2. The highest BCUT2D eigenvalue weighted by Crippen LogP contribution is 2.28. The van der Waals surface area contributed by atoms with Crippen LogP contribution in [0.4, 0.5) is 0 Å². The summed E-state index contributed by atoms with van der Waals surface area (Å²) in [5.41, 5.74) is 2.38. The summed E-state index contributed by atoms with van der Waals surface area (Å²) in [7, 11) is 0. The van der Waals surface area contributed by atoms with Crippen molar-refractivity contribution in [3.63, 3.8) is 0 Å².